The Balaban J connectivity index is 2.29. The highest BCUT2D eigenvalue weighted by atomic mass is 16.1. The van der Waals surface area contributed by atoms with Crippen molar-refractivity contribution in [2.75, 3.05) is 20.6 Å². The first-order valence-electron chi connectivity index (χ1n) is 5.96. The Kier molecular flexibility index (Phi) is 4.58. The first kappa shape index (κ1) is 12.5. The van der Waals surface area contributed by atoms with Crippen molar-refractivity contribution in [2.45, 2.75) is 39.2 Å². The van der Waals surface area contributed by atoms with Crippen LogP contribution in [0.5, 0.6) is 0 Å². The molecular formula is C12H24N2O. The molecule has 3 heteroatoms. The quantitative estimate of drug-likeness (QED) is 0.749. The number of carbonyl (C=O) groups excluding carboxylic acids is 1. The predicted molar refractivity (Wildman–Crippen MR) is 62.7 cm³/mol. The van der Waals surface area contributed by atoms with E-state index >= 15 is 0 Å². The van der Waals surface area contributed by atoms with Crippen LogP contribution in [0.3, 0.4) is 0 Å². The van der Waals surface area contributed by atoms with Crippen LogP contribution < -0.4 is 5.32 Å². The number of nitrogens with zero attached hydrogens (tertiary/aromatic N) is 1. The second-order valence-electron chi connectivity index (χ2n) is 5.15. The summed E-state index contributed by atoms with van der Waals surface area (Å²) in [6, 6.07) is 0.439. The molecule has 0 radical (unpaired) electrons. The SMILES string of the molecule is CC(C)[C@H](CNC(=O)C1CCC1)N(C)C. The molecule has 1 N–H and O–H groups in total. The van der Waals surface area contributed by atoms with Crippen molar-refractivity contribution in [3.8, 4) is 0 Å². The van der Waals surface area contributed by atoms with Crippen LogP contribution >= 0.6 is 0 Å². The normalized spacial score (nSPS) is 19.1. The van der Waals surface area contributed by atoms with Gasteiger partial charge < -0.3 is 10.2 Å². The second-order valence-corrected chi connectivity index (χ2v) is 5.15. The van der Waals surface area contributed by atoms with Crippen LogP contribution in [0.4, 0.5) is 0 Å². The van der Waals surface area contributed by atoms with Crippen molar-refractivity contribution in [1.82, 2.24) is 10.2 Å². The average molecular weight is 212 g/mol. The van der Waals surface area contributed by atoms with Gasteiger partial charge in [-0.05, 0) is 32.9 Å². The smallest absolute Gasteiger partial charge is 0.223 e. The lowest BCUT2D eigenvalue weighted by molar-refractivity contribution is -0.127. The van der Waals surface area contributed by atoms with Gasteiger partial charge in [-0.3, -0.25) is 4.79 Å². The van der Waals surface area contributed by atoms with E-state index in [4.69, 9.17) is 0 Å². The van der Waals surface area contributed by atoms with E-state index in [9.17, 15) is 4.79 Å². The van der Waals surface area contributed by atoms with Crippen molar-refractivity contribution in [2.24, 2.45) is 11.8 Å². The van der Waals surface area contributed by atoms with Crippen molar-refractivity contribution in [1.29, 1.82) is 0 Å². The van der Waals surface area contributed by atoms with Crippen LogP contribution in [0.15, 0.2) is 0 Å². The Labute approximate surface area is 93.2 Å². The molecule has 0 spiro atoms. The lowest BCUT2D eigenvalue weighted by Crippen LogP contribution is -2.45. The summed E-state index contributed by atoms with van der Waals surface area (Å²) >= 11 is 0. The molecule has 0 aliphatic heterocycles. The third kappa shape index (κ3) is 3.49. The average Bonchev–Trinajstić information content (AvgIpc) is 1.99. The van der Waals surface area contributed by atoms with E-state index < -0.39 is 0 Å². The number of likely N-dealkylation sites (N-methyl/N-ethyl adjacent to an activating group) is 1. The first-order valence-corrected chi connectivity index (χ1v) is 5.96. The molecule has 0 aromatic heterocycles. The number of amides is 1. The van der Waals surface area contributed by atoms with Gasteiger partial charge in [0, 0.05) is 18.5 Å². The molecule has 0 bridgehead atoms. The molecule has 1 aliphatic rings. The Hall–Kier alpha value is -0.570. The van der Waals surface area contributed by atoms with E-state index in [2.05, 4.69) is 38.2 Å². The maximum Gasteiger partial charge on any atom is 0.223 e. The highest BCUT2D eigenvalue weighted by Crippen LogP contribution is 2.26. The minimum atomic E-state index is 0.258. The summed E-state index contributed by atoms with van der Waals surface area (Å²) in [6.07, 6.45) is 3.39. The summed E-state index contributed by atoms with van der Waals surface area (Å²) in [4.78, 5) is 13.8. The zero-order valence-electron chi connectivity index (χ0n) is 10.4. The summed E-state index contributed by atoms with van der Waals surface area (Å²) in [5.41, 5.74) is 0. The van der Waals surface area contributed by atoms with E-state index in [1.54, 1.807) is 0 Å². The largest absolute Gasteiger partial charge is 0.354 e. The Morgan fingerprint density at radius 1 is 1.40 bits per heavy atom. The van der Waals surface area contributed by atoms with Gasteiger partial charge in [0.05, 0.1) is 0 Å². The van der Waals surface area contributed by atoms with Crippen LogP contribution in [0, 0.1) is 11.8 Å². The topological polar surface area (TPSA) is 32.3 Å². The zero-order valence-corrected chi connectivity index (χ0v) is 10.4. The third-order valence-electron chi connectivity index (χ3n) is 3.39. The molecule has 88 valence electrons. The number of carbonyl (C=O) groups is 1. The van der Waals surface area contributed by atoms with E-state index in [1.165, 1.54) is 6.42 Å². The Morgan fingerprint density at radius 3 is 2.33 bits per heavy atom. The van der Waals surface area contributed by atoms with Crippen molar-refractivity contribution < 1.29 is 4.79 Å². The highest BCUT2D eigenvalue weighted by Gasteiger charge is 2.26. The predicted octanol–water partition coefficient (Wildman–Crippen LogP) is 1.49. The maximum atomic E-state index is 11.6. The zero-order chi connectivity index (χ0) is 11.4. The van der Waals surface area contributed by atoms with Crippen LogP contribution in [-0.4, -0.2) is 37.5 Å². The molecule has 1 atom stereocenters. The lowest BCUT2D eigenvalue weighted by atomic mass is 9.85. The molecule has 1 amide bonds. The molecule has 0 aromatic rings. The standard InChI is InChI=1S/C12H24N2O/c1-9(2)11(14(3)4)8-13-12(15)10-6-5-7-10/h9-11H,5-8H2,1-4H3,(H,13,15)/t11-/m0/s1. The van der Waals surface area contributed by atoms with E-state index in [0.717, 1.165) is 19.4 Å². The molecule has 1 aliphatic carbocycles. The number of hydrogen-bond acceptors (Lipinski definition) is 2. The number of nitrogens with one attached hydrogen (secondary N) is 1. The molecule has 1 fully saturated rings. The van der Waals surface area contributed by atoms with E-state index in [-0.39, 0.29) is 5.91 Å². The molecule has 0 unspecified atom stereocenters. The van der Waals surface area contributed by atoms with E-state index in [0.29, 0.717) is 17.9 Å². The molecule has 0 saturated heterocycles. The monoisotopic (exact) mass is 212 g/mol. The van der Waals surface area contributed by atoms with Gasteiger partial charge in [0.1, 0.15) is 0 Å². The summed E-state index contributed by atoms with van der Waals surface area (Å²) in [5, 5.41) is 3.07. The van der Waals surface area contributed by atoms with Gasteiger partial charge in [-0.15, -0.1) is 0 Å². The van der Waals surface area contributed by atoms with Gasteiger partial charge in [-0.1, -0.05) is 20.3 Å². The van der Waals surface area contributed by atoms with Crippen LogP contribution in [0.1, 0.15) is 33.1 Å². The van der Waals surface area contributed by atoms with Gasteiger partial charge in [-0.2, -0.15) is 0 Å². The van der Waals surface area contributed by atoms with Crippen LogP contribution in [-0.2, 0) is 4.79 Å². The highest BCUT2D eigenvalue weighted by molar-refractivity contribution is 5.79. The van der Waals surface area contributed by atoms with Crippen molar-refractivity contribution >= 4 is 5.91 Å². The van der Waals surface area contributed by atoms with Gasteiger partial charge in [0.25, 0.3) is 0 Å². The fourth-order valence-electron chi connectivity index (χ4n) is 2.03. The summed E-state index contributed by atoms with van der Waals surface area (Å²) in [5.74, 6) is 1.13. The van der Waals surface area contributed by atoms with Gasteiger partial charge >= 0.3 is 0 Å². The molecule has 1 rings (SSSR count). The van der Waals surface area contributed by atoms with Gasteiger partial charge in [0.15, 0.2) is 0 Å². The van der Waals surface area contributed by atoms with Crippen molar-refractivity contribution in [3.63, 3.8) is 0 Å². The minimum absolute atomic E-state index is 0.258. The molecule has 3 nitrogen and oxygen atoms in total. The van der Waals surface area contributed by atoms with Crippen LogP contribution in [0.2, 0.25) is 0 Å². The molecule has 0 heterocycles. The Morgan fingerprint density at radius 2 is 2.00 bits per heavy atom. The minimum Gasteiger partial charge on any atom is -0.354 e. The molecule has 0 aromatic carbocycles. The molecule has 15 heavy (non-hydrogen) atoms. The third-order valence-corrected chi connectivity index (χ3v) is 3.39. The second kappa shape index (κ2) is 5.50. The lowest BCUT2D eigenvalue weighted by Gasteiger charge is -2.30. The first-order chi connectivity index (χ1) is 7.02. The summed E-state index contributed by atoms with van der Waals surface area (Å²) in [6.45, 7) is 5.17. The molecular weight excluding hydrogens is 188 g/mol. The van der Waals surface area contributed by atoms with Crippen molar-refractivity contribution in [3.05, 3.63) is 0 Å². The van der Waals surface area contributed by atoms with Gasteiger partial charge in [0.2, 0.25) is 5.91 Å². The van der Waals surface area contributed by atoms with Gasteiger partial charge in [-0.25, -0.2) is 0 Å². The maximum absolute atomic E-state index is 11.6. The van der Waals surface area contributed by atoms with E-state index in [1.807, 2.05) is 0 Å². The van der Waals surface area contributed by atoms with Crippen LogP contribution in [0.25, 0.3) is 0 Å². The molecule has 1 saturated carbocycles. The number of rotatable bonds is 5. The Bertz CT molecular complexity index is 202. The fourth-order valence-corrected chi connectivity index (χ4v) is 2.03. The number of hydrogen-bond donors (Lipinski definition) is 1. The summed E-state index contributed by atoms with van der Waals surface area (Å²) in [7, 11) is 4.14. The fraction of sp³-hybridized carbons (Fsp3) is 0.917. The summed E-state index contributed by atoms with van der Waals surface area (Å²) < 4.78 is 0.